The zero-order chi connectivity index (χ0) is 28.9. The lowest BCUT2D eigenvalue weighted by Gasteiger charge is -2.37. The van der Waals surface area contributed by atoms with Crippen molar-refractivity contribution in [2.75, 3.05) is 0 Å². The predicted octanol–water partition coefficient (Wildman–Crippen LogP) is 11.3. The van der Waals surface area contributed by atoms with Crippen LogP contribution in [0.5, 0.6) is 5.75 Å². The first kappa shape index (κ1) is 29.0. The van der Waals surface area contributed by atoms with Crippen molar-refractivity contribution < 1.29 is 17.7 Å². The number of aromatic nitrogens is 1. The quantitative estimate of drug-likeness (QED) is 0.169. The molecule has 0 amide bonds. The molecule has 0 spiro atoms. The van der Waals surface area contributed by atoms with Crippen molar-refractivity contribution in [3.8, 4) is 5.75 Å². The van der Waals surface area contributed by atoms with Gasteiger partial charge in [-0.1, -0.05) is 61.0 Å². The molecule has 9 heteroatoms. The maximum Gasteiger partial charge on any atom is 0.416 e. The second kappa shape index (κ2) is 10.7. The van der Waals surface area contributed by atoms with Gasteiger partial charge in [0.2, 0.25) is 0 Å². The average molecular weight is 692 g/mol. The van der Waals surface area contributed by atoms with Crippen molar-refractivity contribution in [3.63, 3.8) is 0 Å². The van der Waals surface area contributed by atoms with Gasteiger partial charge < -0.3 is 9.09 Å². The molecule has 40 heavy (non-hydrogen) atoms. The smallest absolute Gasteiger partial charge is 0.416 e. The number of nitrogens with zero attached hydrogens (tertiary/aromatic N) is 2. The van der Waals surface area contributed by atoms with E-state index in [2.05, 4.69) is 67.6 Å². The second-order valence-corrected chi connectivity index (χ2v) is 15.7. The van der Waals surface area contributed by atoms with Gasteiger partial charge in [-0.2, -0.15) is 13.2 Å². The van der Waals surface area contributed by atoms with Gasteiger partial charge in [0.15, 0.2) is 7.28 Å². The Morgan fingerprint density at radius 3 is 2.23 bits per heavy atom. The number of hydrogen-bond acceptors (Lipinski definition) is 2. The van der Waals surface area contributed by atoms with Gasteiger partial charge in [-0.15, -0.1) is 0 Å². The van der Waals surface area contributed by atoms with Crippen LogP contribution in [0.1, 0.15) is 33.3 Å². The Balaban J connectivity index is 1.86. The molecule has 0 saturated heterocycles. The van der Waals surface area contributed by atoms with E-state index in [1.807, 2.05) is 57.2 Å². The van der Waals surface area contributed by atoms with Gasteiger partial charge in [-0.05, 0) is 83.5 Å². The maximum absolute atomic E-state index is 13.7. The molecule has 5 rings (SSSR count). The third-order valence-electron chi connectivity index (χ3n) is 6.89. The molecule has 0 fully saturated rings. The van der Waals surface area contributed by atoms with E-state index in [-0.39, 0.29) is 5.69 Å². The minimum atomic E-state index is -4.48. The Kier molecular flexibility index (Phi) is 7.75. The third kappa shape index (κ3) is 5.26. The largest absolute Gasteiger partial charge is 0.454 e. The highest BCUT2D eigenvalue weighted by atomic mass is 79.9. The number of aryl methyl sites for hydroxylation is 1. The fraction of sp³-hybridized carbons (Fsp3) is 0.226. The average Bonchev–Trinajstić information content (AvgIpc) is 3.21. The summed E-state index contributed by atoms with van der Waals surface area (Å²) in [5, 5.41) is 2.43. The van der Waals surface area contributed by atoms with E-state index in [1.165, 1.54) is 6.07 Å². The summed E-state index contributed by atoms with van der Waals surface area (Å²) in [5.41, 5.74) is 1.70. The van der Waals surface area contributed by atoms with Crippen molar-refractivity contribution in [2.24, 2.45) is 4.74 Å². The summed E-state index contributed by atoms with van der Waals surface area (Å²) < 4.78 is 57.0. The third-order valence-corrected chi connectivity index (χ3v) is 11.8. The zero-order valence-electron chi connectivity index (χ0n) is 22.4. The lowest BCUT2D eigenvalue weighted by atomic mass is 10.1. The SMILES string of the molecule is CCn1c2ccccc2c2cc(P(=Nc3cccc(C(F)(F)F)c3)(Oc3ccc(Br)cc3Br)C(C)(C)C)ccc21. The van der Waals surface area contributed by atoms with Gasteiger partial charge in [0.05, 0.1) is 15.7 Å². The highest BCUT2D eigenvalue weighted by molar-refractivity contribution is 9.11. The molecular weight excluding hydrogens is 664 g/mol. The molecule has 1 atom stereocenters. The lowest BCUT2D eigenvalue weighted by Crippen LogP contribution is -2.27. The normalized spacial score (nSPS) is 13.9. The number of para-hydroxylation sites is 1. The van der Waals surface area contributed by atoms with Gasteiger partial charge in [-0.25, -0.2) is 4.74 Å². The molecule has 0 radical (unpaired) electrons. The molecule has 1 aromatic heterocycles. The summed E-state index contributed by atoms with van der Waals surface area (Å²) in [6, 6.07) is 25.2. The van der Waals surface area contributed by atoms with Crippen LogP contribution in [0, 0.1) is 0 Å². The van der Waals surface area contributed by atoms with Gasteiger partial charge >= 0.3 is 6.18 Å². The molecule has 0 bridgehead atoms. The van der Waals surface area contributed by atoms with Crippen LogP contribution in [-0.4, -0.2) is 9.72 Å². The molecule has 1 heterocycles. The molecule has 4 aromatic carbocycles. The first-order valence-electron chi connectivity index (χ1n) is 12.8. The van der Waals surface area contributed by atoms with Gasteiger partial charge in [0, 0.05) is 43.3 Å². The lowest BCUT2D eigenvalue weighted by molar-refractivity contribution is -0.137. The summed E-state index contributed by atoms with van der Waals surface area (Å²) in [6.45, 7) is 9.02. The molecule has 0 aliphatic carbocycles. The highest BCUT2D eigenvalue weighted by Crippen LogP contribution is 2.63. The first-order chi connectivity index (χ1) is 18.8. The summed E-state index contributed by atoms with van der Waals surface area (Å²) in [7, 11) is -3.07. The zero-order valence-corrected chi connectivity index (χ0v) is 26.5. The van der Waals surface area contributed by atoms with E-state index in [0.717, 1.165) is 54.7 Å². The molecule has 3 nitrogen and oxygen atoms in total. The van der Waals surface area contributed by atoms with Crippen LogP contribution in [0.2, 0.25) is 0 Å². The van der Waals surface area contributed by atoms with Crippen LogP contribution >= 0.6 is 39.1 Å². The van der Waals surface area contributed by atoms with E-state index >= 15 is 0 Å². The number of halogens is 5. The van der Waals surface area contributed by atoms with Crippen molar-refractivity contribution in [2.45, 2.75) is 45.6 Å². The van der Waals surface area contributed by atoms with Crippen LogP contribution in [0.15, 0.2) is 98.6 Å². The second-order valence-electron chi connectivity index (χ2n) is 10.5. The number of rotatable bonds is 5. The van der Waals surface area contributed by atoms with Gasteiger partial charge in [0.25, 0.3) is 0 Å². The van der Waals surface area contributed by atoms with E-state index in [4.69, 9.17) is 9.27 Å². The molecule has 0 aliphatic rings. The number of alkyl halides is 3. The Labute approximate surface area is 248 Å². The van der Waals surface area contributed by atoms with Crippen molar-refractivity contribution >= 4 is 71.9 Å². The van der Waals surface area contributed by atoms with Crippen LogP contribution < -0.4 is 9.83 Å². The minimum Gasteiger partial charge on any atom is -0.454 e. The van der Waals surface area contributed by atoms with E-state index in [0.29, 0.717) is 5.75 Å². The highest BCUT2D eigenvalue weighted by Gasteiger charge is 2.40. The standard InChI is InChI=1S/C31H28Br2F3N2OP/c1-5-38-27-12-7-6-11-24(27)25-19-23(14-15-28(25)38)40(30(2,3)4,39-29-16-13-21(32)18-26(29)33)37-22-10-8-9-20(17-22)31(34,35)36/h6-19H,5H2,1-4H3. The molecule has 1 unspecified atom stereocenters. The minimum absolute atomic E-state index is 0.224. The van der Waals surface area contributed by atoms with E-state index < -0.39 is 24.2 Å². The summed E-state index contributed by atoms with van der Waals surface area (Å²) in [5.74, 6) is 0.568. The number of hydrogen-bond donors (Lipinski definition) is 0. The number of benzene rings is 4. The summed E-state index contributed by atoms with van der Waals surface area (Å²) in [4.78, 5) is 0. The Bertz CT molecular complexity index is 1790. The van der Waals surface area contributed by atoms with Gasteiger partial charge in [0.1, 0.15) is 5.75 Å². The van der Waals surface area contributed by atoms with Crippen molar-refractivity contribution in [3.05, 3.63) is 99.4 Å². The van der Waals surface area contributed by atoms with Crippen molar-refractivity contribution in [1.82, 2.24) is 4.57 Å². The molecule has 208 valence electrons. The summed E-state index contributed by atoms with van der Waals surface area (Å²) in [6.07, 6.45) is -4.48. The topological polar surface area (TPSA) is 26.5 Å². The maximum atomic E-state index is 13.7. The monoisotopic (exact) mass is 690 g/mol. The molecule has 5 aromatic rings. The Hall–Kier alpha value is -2.54. The fourth-order valence-electron chi connectivity index (χ4n) is 4.97. The van der Waals surface area contributed by atoms with E-state index in [1.54, 1.807) is 6.07 Å². The first-order valence-corrected chi connectivity index (χ1v) is 16.0. The van der Waals surface area contributed by atoms with Crippen LogP contribution in [0.25, 0.3) is 21.8 Å². The molecule has 0 N–H and O–H groups in total. The van der Waals surface area contributed by atoms with Crippen LogP contribution in [-0.2, 0) is 12.7 Å². The Morgan fingerprint density at radius 2 is 1.55 bits per heavy atom. The number of fused-ring (bicyclic) bond motifs is 3. The molecule has 0 aliphatic heterocycles. The fourth-order valence-corrected chi connectivity index (χ4v) is 9.31. The van der Waals surface area contributed by atoms with Crippen LogP contribution in [0.4, 0.5) is 18.9 Å². The van der Waals surface area contributed by atoms with Crippen molar-refractivity contribution in [1.29, 1.82) is 0 Å². The molecule has 0 saturated carbocycles. The van der Waals surface area contributed by atoms with Crippen LogP contribution in [0.3, 0.4) is 0 Å². The Morgan fingerprint density at radius 1 is 0.825 bits per heavy atom. The van der Waals surface area contributed by atoms with E-state index in [9.17, 15) is 13.2 Å². The molecular formula is C31H28Br2F3N2OP. The summed E-state index contributed by atoms with van der Waals surface area (Å²) >= 11 is 7.11. The van der Waals surface area contributed by atoms with Gasteiger partial charge in [-0.3, -0.25) is 0 Å². The predicted molar refractivity (Wildman–Crippen MR) is 167 cm³/mol.